The van der Waals surface area contributed by atoms with Gasteiger partial charge in [0.25, 0.3) is 5.91 Å². The van der Waals surface area contributed by atoms with Crippen LogP contribution in [-0.4, -0.2) is 29.8 Å². The highest BCUT2D eigenvalue weighted by atomic mass is 32.2. The lowest BCUT2D eigenvalue weighted by Crippen LogP contribution is -2.24. The van der Waals surface area contributed by atoms with E-state index < -0.39 is 0 Å². The number of benzene rings is 1. The zero-order chi connectivity index (χ0) is 21.9. The van der Waals surface area contributed by atoms with Crippen LogP contribution in [0.25, 0.3) is 0 Å². The fourth-order valence-corrected chi connectivity index (χ4v) is 5.55. The van der Waals surface area contributed by atoms with Gasteiger partial charge in [-0.15, -0.1) is 23.1 Å². The minimum Gasteiger partial charge on any atom is -0.493 e. The van der Waals surface area contributed by atoms with Gasteiger partial charge in [0.1, 0.15) is 10.8 Å². The molecule has 0 fully saturated rings. The van der Waals surface area contributed by atoms with Gasteiger partial charge in [0.2, 0.25) is 0 Å². The van der Waals surface area contributed by atoms with Gasteiger partial charge in [-0.2, -0.15) is 0 Å². The van der Waals surface area contributed by atoms with Crippen molar-refractivity contribution >= 4 is 40.0 Å². The number of rotatable bonds is 7. The van der Waals surface area contributed by atoms with Crippen LogP contribution < -0.4 is 10.1 Å². The van der Waals surface area contributed by atoms with Crippen molar-refractivity contribution in [3.63, 3.8) is 0 Å². The zero-order valence-corrected chi connectivity index (χ0v) is 19.8. The summed E-state index contributed by atoms with van der Waals surface area (Å²) in [4.78, 5) is 26.7. The summed E-state index contributed by atoms with van der Waals surface area (Å²) in [6, 6.07) is 7.06. The second-order valence-electron chi connectivity index (χ2n) is 8.34. The fraction of sp³-hybridized carbons (Fsp3) is 0.478. The summed E-state index contributed by atoms with van der Waals surface area (Å²) in [6.07, 6.45) is 0.773. The van der Waals surface area contributed by atoms with Crippen molar-refractivity contribution < 1.29 is 19.1 Å². The molecule has 0 bridgehead atoms. The molecule has 1 aromatic carbocycles. The molecule has 7 heteroatoms. The molecule has 1 N–H and O–H groups in total. The van der Waals surface area contributed by atoms with Crippen molar-refractivity contribution in [1.82, 2.24) is 0 Å². The van der Waals surface area contributed by atoms with Gasteiger partial charge in [-0.05, 0) is 49.1 Å². The van der Waals surface area contributed by atoms with Crippen molar-refractivity contribution in [3.8, 4) is 5.75 Å². The van der Waals surface area contributed by atoms with E-state index in [1.807, 2.05) is 11.8 Å². The third kappa shape index (κ3) is 5.38. The van der Waals surface area contributed by atoms with E-state index >= 15 is 0 Å². The number of hydrogen-bond acceptors (Lipinski definition) is 6. The summed E-state index contributed by atoms with van der Waals surface area (Å²) in [6.45, 7) is 11.2. The molecule has 5 nitrogen and oxygen atoms in total. The Kier molecular flexibility index (Phi) is 7.14. The average Bonchev–Trinajstić information content (AvgIpc) is 3.02. The number of hydrogen-bond donors (Lipinski definition) is 1. The third-order valence-corrected chi connectivity index (χ3v) is 7.38. The first-order valence-electron chi connectivity index (χ1n) is 10.2. The van der Waals surface area contributed by atoms with Gasteiger partial charge in [0.05, 0.1) is 18.8 Å². The van der Waals surface area contributed by atoms with E-state index in [1.54, 1.807) is 31.2 Å². The van der Waals surface area contributed by atoms with Crippen LogP contribution in [0.1, 0.15) is 65.8 Å². The van der Waals surface area contributed by atoms with Crippen LogP contribution in [0.5, 0.6) is 5.75 Å². The predicted octanol–water partition coefficient (Wildman–Crippen LogP) is 5.78. The summed E-state index contributed by atoms with van der Waals surface area (Å²) in [7, 11) is 0. The summed E-state index contributed by atoms with van der Waals surface area (Å²) >= 11 is 3.34. The summed E-state index contributed by atoms with van der Waals surface area (Å²) < 4.78 is 11.0. The smallest absolute Gasteiger partial charge is 0.341 e. The van der Waals surface area contributed by atoms with Crippen LogP contribution in [0.3, 0.4) is 0 Å². The Bertz CT molecular complexity index is 916. The van der Waals surface area contributed by atoms with Crippen molar-refractivity contribution in [2.45, 2.75) is 51.5 Å². The second kappa shape index (κ2) is 9.43. The van der Waals surface area contributed by atoms with Crippen LogP contribution >= 0.6 is 23.1 Å². The van der Waals surface area contributed by atoms with E-state index in [1.165, 1.54) is 11.3 Å². The van der Waals surface area contributed by atoms with Crippen LogP contribution in [0.2, 0.25) is 0 Å². The maximum absolute atomic E-state index is 12.9. The molecule has 1 aliphatic heterocycles. The first-order chi connectivity index (χ1) is 14.2. The highest BCUT2D eigenvalue weighted by molar-refractivity contribution is 8.00. The first-order valence-corrected chi connectivity index (χ1v) is 12.0. The quantitative estimate of drug-likeness (QED) is 0.545. The fourth-order valence-electron chi connectivity index (χ4n) is 3.20. The molecule has 0 radical (unpaired) electrons. The van der Waals surface area contributed by atoms with E-state index in [9.17, 15) is 9.59 Å². The lowest BCUT2D eigenvalue weighted by atomic mass is 9.98. The van der Waals surface area contributed by atoms with Crippen molar-refractivity contribution in [3.05, 3.63) is 45.8 Å². The lowest BCUT2D eigenvalue weighted by molar-refractivity contribution is 0.0526. The van der Waals surface area contributed by atoms with Crippen LogP contribution in [0.15, 0.2) is 24.3 Å². The number of anilines is 1. The molecule has 162 valence electrons. The van der Waals surface area contributed by atoms with Gasteiger partial charge in [-0.1, -0.05) is 27.7 Å². The van der Waals surface area contributed by atoms with Gasteiger partial charge in [0, 0.05) is 20.9 Å². The topological polar surface area (TPSA) is 64.6 Å². The first kappa shape index (κ1) is 22.7. The highest BCUT2D eigenvalue weighted by Gasteiger charge is 2.34. The molecule has 1 amide bonds. The van der Waals surface area contributed by atoms with Crippen LogP contribution in [0.4, 0.5) is 5.00 Å². The van der Waals surface area contributed by atoms with Crippen molar-refractivity contribution in [2.24, 2.45) is 5.92 Å². The third-order valence-electron chi connectivity index (χ3n) is 4.69. The summed E-state index contributed by atoms with van der Waals surface area (Å²) in [5, 5.41) is 3.52. The largest absolute Gasteiger partial charge is 0.493 e. The van der Waals surface area contributed by atoms with Crippen LogP contribution in [0, 0.1) is 5.92 Å². The molecule has 2 aromatic rings. The van der Waals surface area contributed by atoms with Gasteiger partial charge >= 0.3 is 5.97 Å². The molecule has 2 heterocycles. The Balaban J connectivity index is 1.82. The minimum atomic E-state index is -0.370. The number of thioether (sulfide) groups is 1. The molecule has 0 atom stereocenters. The molecule has 1 aromatic heterocycles. The number of esters is 1. The number of nitrogens with one attached hydrogen (secondary N) is 1. The standard InChI is InChI=1S/C23H29NO4S2/c1-6-27-22(26)19-17-11-23(4,5)29-13-18(17)30-21(19)24-20(25)15-7-9-16(10-8-15)28-12-14(2)3/h7-10,14H,6,11-13H2,1-5H3,(H,24,25). The Hall–Kier alpha value is -1.99. The number of amides is 1. The predicted molar refractivity (Wildman–Crippen MR) is 124 cm³/mol. The van der Waals surface area contributed by atoms with Crippen molar-refractivity contribution in [2.75, 3.05) is 18.5 Å². The molecular weight excluding hydrogens is 418 g/mol. The number of thiophene rings is 1. The molecule has 0 unspecified atom stereocenters. The molecule has 0 saturated heterocycles. The van der Waals surface area contributed by atoms with Crippen molar-refractivity contribution in [1.29, 1.82) is 0 Å². The second-order valence-corrected chi connectivity index (χ2v) is 11.1. The number of ether oxygens (including phenoxy) is 2. The van der Waals surface area contributed by atoms with E-state index in [4.69, 9.17) is 9.47 Å². The zero-order valence-electron chi connectivity index (χ0n) is 18.2. The molecule has 3 rings (SSSR count). The minimum absolute atomic E-state index is 0.0441. The van der Waals surface area contributed by atoms with Gasteiger partial charge in [-0.25, -0.2) is 4.79 Å². The number of fused-ring (bicyclic) bond motifs is 1. The lowest BCUT2D eigenvalue weighted by Gasteiger charge is -2.29. The normalized spacial score (nSPS) is 14.9. The number of carbonyl (C=O) groups is 2. The monoisotopic (exact) mass is 447 g/mol. The van der Waals surface area contributed by atoms with Gasteiger partial charge in [0.15, 0.2) is 0 Å². The van der Waals surface area contributed by atoms with Crippen LogP contribution in [-0.2, 0) is 16.9 Å². The van der Waals surface area contributed by atoms with Gasteiger partial charge < -0.3 is 14.8 Å². The Morgan fingerprint density at radius 2 is 1.90 bits per heavy atom. The van der Waals surface area contributed by atoms with Gasteiger partial charge in [-0.3, -0.25) is 4.79 Å². The Morgan fingerprint density at radius 1 is 1.20 bits per heavy atom. The summed E-state index contributed by atoms with van der Waals surface area (Å²) in [5.74, 6) is 1.38. The molecule has 30 heavy (non-hydrogen) atoms. The number of carbonyl (C=O) groups excluding carboxylic acids is 2. The van der Waals surface area contributed by atoms with E-state index in [0.29, 0.717) is 35.3 Å². The Labute approximate surface area is 186 Å². The maximum atomic E-state index is 12.9. The summed E-state index contributed by atoms with van der Waals surface area (Å²) in [5.41, 5.74) is 2.04. The van der Waals surface area contributed by atoms with E-state index in [0.717, 1.165) is 28.4 Å². The maximum Gasteiger partial charge on any atom is 0.341 e. The Morgan fingerprint density at radius 3 is 2.53 bits per heavy atom. The molecule has 0 spiro atoms. The van der Waals surface area contributed by atoms with E-state index in [2.05, 4.69) is 33.0 Å². The highest BCUT2D eigenvalue weighted by Crippen LogP contribution is 2.46. The molecular formula is C23H29NO4S2. The molecule has 0 aliphatic carbocycles. The SMILES string of the molecule is CCOC(=O)c1c(NC(=O)c2ccc(OCC(C)C)cc2)sc2c1CC(C)(C)SC2. The van der Waals surface area contributed by atoms with E-state index in [-0.39, 0.29) is 16.6 Å². The molecule has 1 aliphatic rings. The molecule has 0 saturated carbocycles. The average molecular weight is 448 g/mol.